The fraction of sp³-hybridized carbons (Fsp3) is 0.467. The highest BCUT2D eigenvalue weighted by atomic mass is 16.2. The molecule has 3 heteroatoms. The molecule has 1 amide bonds. The van der Waals surface area contributed by atoms with Gasteiger partial charge in [0.15, 0.2) is 0 Å². The number of hydrogen-bond acceptors (Lipinski definition) is 2. The van der Waals surface area contributed by atoms with Gasteiger partial charge in [-0.3, -0.25) is 4.79 Å². The predicted molar refractivity (Wildman–Crippen MR) is 70.2 cm³/mol. The maximum Gasteiger partial charge on any atom is 0.254 e. The average molecular weight is 242 g/mol. The van der Waals surface area contributed by atoms with Gasteiger partial charge in [-0.1, -0.05) is 6.07 Å². The third-order valence-electron chi connectivity index (χ3n) is 3.67. The Morgan fingerprint density at radius 3 is 2.78 bits per heavy atom. The molecule has 1 aromatic carbocycles. The average Bonchev–Trinajstić information content (AvgIpc) is 2.41. The molecular weight excluding hydrogens is 224 g/mol. The first-order valence-electron chi connectivity index (χ1n) is 6.41. The lowest BCUT2D eigenvalue weighted by atomic mass is 10.0. The molecule has 1 aromatic rings. The fourth-order valence-corrected chi connectivity index (χ4v) is 2.35. The summed E-state index contributed by atoms with van der Waals surface area (Å²) in [7, 11) is 0. The van der Waals surface area contributed by atoms with E-state index < -0.39 is 0 Å². The van der Waals surface area contributed by atoms with Gasteiger partial charge in [0.05, 0.1) is 6.07 Å². The first-order valence-corrected chi connectivity index (χ1v) is 6.41. The summed E-state index contributed by atoms with van der Waals surface area (Å²) in [6, 6.07) is 7.72. The lowest BCUT2D eigenvalue weighted by Crippen LogP contribution is -2.42. The molecule has 0 radical (unpaired) electrons. The van der Waals surface area contributed by atoms with Gasteiger partial charge in [0.2, 0.25) is 0 Å². The fourth-order valence-electron chi connectivity index (χ4n) is 2.35. The van der Waals surface area contributed by atoms with Crippen LogP contribution in [0.25, 0.3) is 0 Å². The molecule has 1 atom stereocenters. The molecule has 0 spiro atoms. The van der Waals surface area contributed by atoms with Crippen molar-refractivity contribution in [3.05, 3.63) is 34.9 Å². The summed E-state index contributed by atoms with van der Waals surface area (Å²) >= 11 is 0. The van der Waals surface area contributed by atoms with Crippen molar-refractivity contribution in [1.29, 1.82) is 5.26 Å². The third-order valence-corrected chi connectivity index (χ3v) is 3.67. The summed E-state index contributed by atoms with van der Waals surface area (Å²) in [6.07, 6.45) is 2.83. The Hall–Kier alpha value is -1.82. The van der Waals surface area contributed by atoms with E-state index in [-0.39, 0.29) is 11.9 Å². The van der Waals surface area contributed by atoms with Crippen LogP contribution in [0.4, 0.5) is 0 Å². The Kier molecular flexibility index (Phi) is 3.66. The van der Waals surface area contributed by atoms with Gasteiger partial charge in [-0.05, 0) is 56.4 Å². The van der Waals surface area contributed by atoms with E-state index in [0.717, 1.165) is 24.8 Å². The van der Waals surface area contributed by atoms with E-state index in [1.54, 1.807) is 4.90 Å². The summed E-state index contributed by atoms with van der Waals surface area (Å²) in [5, 5.41) is 9.11. The Morgan fingerprint density at radius 1 is 1.33 bits per heavy atom. The minimum Gasteiger partial charge on any atom is -0.323 e. The second-order valence-corrected chi connectivity index (χ2v) is 4.94. The van der Waals surface area contributed by atoms with Crippen LogP contribution in [0.3, 0.4) is 0 Å². The van der Waals surface area contributed by atoms with Crippen molar-refractivity contribution in [1.82, 2.24) is 4.90 Å². The number of rotatable bonds is 1. The predicted octanol–water partition coefficient (Wildman–Crippen LogP) is 2.82. The van der Waals surface area contributed by atoms with Gasteiger partial charge in [0.25, 0.3) is 5.91 Å². The zero-order valence-electron chi connectivity index (χ0n) is 10.9. The van der Waals surface area contributed by atoms with Gasteiger partial charge in [-0.25, -0.2) is 0 Å². The molecule has 2 rings (SSSR count). The molecule has 94 valence electrons. The molecule has 1 heterocycles. The number of likely N-dealkylation sites (tertiary alicyclic amines) is 1. The molecular formula is C15H18N2O. The topological polar surface area (TPSA) is 44.1 Å². The SMILES string of the molecule is Cc1ccc(C(=O)N2CCCCC2C#N)cc1C. The number of carbonyl (C=O) groups excluding carboxylic acids is 1. The van der Waals surface area contributed by atoms with Crippen molar-refractivity contribution >= 4 is 5.91 Å². The van der Waals surface area contributed by atoms with E-state index in [2.05, 4.69) is 6.07 Å². The standard InChI is InChI=1S/C15H18N2O/c1-11-6-7-13(9-12(11)2)15(18)17-8-4-3-5-14(17)10-16/h6-7,9,14H,3-5,8H2,1-2H3. The summed E-state index contributed by atoms with van der Waals surface area (Å²) in [5.74, 6) is -0.00986. The monoisotopic (exact) mass is 242 g/mol. The van der Waals surface area contributed by atoms with E-state index in [0.29, 0.717) is 12.1 Å². The number of aryl methyl sites for hydroxylation is 2. The smallest absolute Gasteiger partial charge is 0.254 e. The third kappa shape index (κ3) is 2.38. The summed E-state index contributed by atoms with van der Waals surface area (Å²) in [6.45, 7) is 4.73. The van der Waals surface area contributed by atoms with Crippen LogP contribution in [-0.4, -0.2) is 23.4 Å². The van der Waals surface area contributed by atoms with E-state index in [9.17, 15) is 4.79 Å². The van der Waals surface area contributed by atoms with Crippen molar-refractivity contribution in [2.45, 2.75) is 39.2 Å². The van der Waals surface area contributed by atoms with Gasteiger partial charge >= 0.3 is 0 Å². The molecule has 1 unspecified atom stereocenters. The quantitative estimate of drug-likeness (QED) is 0.760. The van der Waals surface area contributed by atoms with Gasteiger partial charge in [-0.2, -0.15) is 5.26 Å². The number of amides is 1. The molecule has 1 saturated heterocycles. The number of benzene rings is 1. The Balaban J connectivity index is 2.24. The summed E-state index contributed by atoms with van der Waals surface area (Å²) in [4.78, 5) is 14.1. The first-order chi connectivity index (χ1) is 8.63. The first kappa shape index (κ1) is 12.6. The summed E-state index contributed by atoms with van der Waals surface area (Å²) in [5.41, 5.74) is 2.99. The number of nitriles is 1. The van der Waals surface area contributed by atoms with Crippen molar-refractivity contribution in [3.8, 4) is 6.07 Å². The maximum atomic E-state index is 12.4. The van der Waals surface area contributed by atoms with Crippen LogP contribution in [-0.2, 0) is 0 Å². The van der Waals surface area contributed by atoms with E-state index in [1.165, 1.54) is 5.56 Å². The number of piperidine rings is 1. The zero-order valence-corrected chi connectivity index (χ0v) is 10.9. The number of carbonyl (C=O) groups is 1. The molecule has 1 aliphatic heterocycles. The van der Waals surface area contributed by atoms with Crippen LogP contribution in [0.1, 0.15) is 40.7 Å². The van der Waals surface area contributed by atoms with E-state index in [4.69, 9.17) is 5.26 Å². The molecule has 3 nitrogen and oxygen atoms in total. The molecule has 0 aliphatic carbocycles. The maximum absolute atomic E-state index is 12.4. The Labute approximate surface area is 108 Å². The lowest BCUT2D eigenvalue weighted by molar-refractivity contribution is 0.0670. The minimum absolute atomic E-state index is 0.00986. The zero-order chi connectivity index (χ0) is 13.1. The molecule has 0 aromatic heterocycles. The molecule has 0 bridgehead atoms. The molecule has 1 fully saturated rings. The van der Waals surface area contributed by atoms with Crippen LogP contribution in [0.15, 0.2) is 18.2 Å². The van der Waals surface area contributed by atoms with Crippen molar-refractivity contribution in [2.75, 3.05) is 6.54 Å². The Morgan fingerprint density at radius 2 is 2.11 bits per heavy atom. The number of nitrogens with zero attached hydrogens (tertiary/aromatic N) is 2. The molecule has 18 heavy (non-hydrogen) atoms. The second kappa shape index (κ2) is 5.22. The highest BCUT2D eigenvalue weighted by Gasteiger charge is 2.27. The van der Waals surface area contributed by atoms with Crippen molar-refractivity contribution < 1.29 is 4.79 Å². The largest absolute Gasteiger partial charge is 0.323 e. The normalized spacial score (nSPS) is 19.4. The number of hydrogen-bond donors (Lipinski definition) is 0. The van der Waals surface area contributed by atoms with Crippen LogP contribution < -0.4 is 0 Å². The van der Waals surface area contributed by atoms with E-state index >= 15 is 0 Å². The molecule has 0 saturated carbocycles. The van der Waals surface area contributed by atoms with Crippen LogP contribution in [0.2, 0.25) is 0 Å². The Bertz CT molecular complexity index is 502. The van der Waals surface area contributed by atoms with Gasteiger partial charge < -0.3 is 4.90 Å². The van der Waals surface area contributed by atoms with Gasteiger partial charge in [0.1, 0.15) is 6.04 Å². The summed E-state index contributed by atoms with van der Waals surface area (Å²) < 4.78 is 0. The van der Waals surface area contributed by atoms with Crippen molar-refractivity contribution in [3.63, 3.8) is 0 Å². The second-order valence-electron chi connectivity index (χ2n) is 4.94. The van der Waals surface area contributed by atoms with Crippen LogP contribution in [0, 0.1) is 25.2 Å². The van der Waals surface area contributed by atoms with Gasteiger partial charge in [0, 0.05) is 12.1 Å². The highest BCUT2D eigenvalue weighted by molar-refractivity contribution is 5.95. The molecule has 1 aliphatic rings. The lowest BCUT2D eigenvalue weighted by Gasteiger charge is -2.31. The molecule has 0 N–H and O–H groups in total. The van der Waals surface area contributed by atoms with Crippen molar-refractivity contribution in [2.24, 2.45) is 0 Å². The van der Waals surface area contributed by atoms with E-state index in [1.807, 2.05) is 32.0 Å². The minimum atomic E-state index is -0.257. The highest BCUT2D eigenvalue weighted by Crippen LogP contribution is 2.20. The van der Waals surface area contributed by atoms with Gasteiger partial charge in [-0.15, -0.1) is 0 Å². The van der Waals surface area contributed by atoms with Crippen LogP contribution in [0.5, 0.6) is 0 Å². The van der Waals surface area contributed by atoms with Crippen LogP contribution >= 0.6 is 0 Å².